The summed E-state index contributed by atoms with van der Waals surface area (Å²) in [6.45, 7) is 8.88. The molecule has 0 aromatic heterocycles. The Hall–Kier alpha value is -0.960. The minimum absolute atomic E-state index is 0.146. The topological polar surface area (TPSA) is 26.0 Å². The largest absolute Gasteiger partial charge is 0.325 e. The quantitative estimate of drug-likeness (QED) is 0.852. The van der Waals surface area contributed by atoms with Gasteiger partial charge in [-0.05, 0) is 48.1 Å². The first kappa shape index (κ1) is 15.4. The molecule has 0 bridgehead atoms. The third-order valence-electron chi connectivity index (χ3n) is 4.18. The van der Waals surface area contributed by atoms with Crippen LogP contribution < -0.4 is 5.73 Å². The first-order chi connectivity index (χ1) is 9.00. The van der Waals surface area contributed by atoms with Gasteiger partial charge in [-0.3, -0.25) is 0 Å². The summed E-state index contributed by atoms with van der Waals surface area (Å²) in [5, 5.41) is 0. The highest BCUT2D eigenvalue weighted by molar-refractivity contribution is 5.22. The van der Waals surface area contributed by atoms with Crippen LogP contribution in [0.3, 0.4) is 0 Å². The molecule has 1 aromatic rings. The summed E-state index contributed by atoms with van der Waals surface area (Å²) in [5.74, 6) is -1.03. The van der Waals surface area contributed by atoms with E-state index in [9.17, 15) is 8.78 Å². The van der Waals surface area contributed by atoms with Crippen molar-refractivity contribution in [1.29, 1.82) is 0 Å². The Morgan fingerprint density at radius 3 is 2.05 bits per heavy atom. The molecule has 0 radical (unpaired) electrons. The van der Waals surface area contributed by atoms with E-state index in [0.29, 0.717) is 12.0 Å². The van der Waals surface area contributed by atoms with Gasteiger partial charge in [-0.25, -0.2) is 8.78 Å². The van der Waals surface area contributed by atoms with Gasteiger partial charge >= 0.3 is 0 Å². The Labute approximate surface area is 120 Å². The van der Waals surface area contributed by atoms with Gasteiger partial charge in [0.05, 0.1) is 0 Å². The average molecular weight is 281 g/mol. The molecule has 0 heterocycles. The van der Waals surface area contributed by atoms with Crippen LogP contribution in [0.2, 0.25) is 0 Å². The molecule has 1 aliphatic carbocycles. The minimum Gasteiger partial charge on any atom is -0.325 e. The van der Waals surface area contributed by atoms with E-state index in [4.69, 9.17) is 5.73 Å². The van der Waals surface area contributed by atoms with Crippen molar-refractivity contribution < 1.29 is 8.78 Å². The predicted molar refractivity (Wildman–Crippen MR) is 78.4 cm³/mol. The molecule has 0 amide bonds. The summed E-state index contributed by atoms with van der Waals surface area (Å²) in [6, 6.07) is 3.77. The fraction of sp³-hybridized carbons (Fsp3) is 0.647. The van der Waals surface area contributed by atoms with Crippen LogP contribution in [-0.2, 0) is 6.42 Å². The Morgan fingerprint density at radius 2 is 1.55 bits per heavy atom. The van der Waals surface area contributed by atoms with Crippen molar-refractivity contribution in [1.82, 2.24) is 0 Å². The SMILES string of the molecule is CC1(C)CC(C)(C)CC(N)(Cc2ccc(F)cc2F)C1. The molecule has 3 heteroatoms. The van der Waals surface area contributed by atoms with Gasteiger partial charge in [-0.15, -0.1) is 0 Å². The molecule has 1 aromatic carbocycles. The highest BCUT2D eigenvalue weighted by Gasteiger charge is 2.45. The van der Waals surface area contributed by atoms with Crippen LogP contribution in [0, 0.1) is 22.5 Å². The van der Waals surface area contributed by atoms with E-state index >= 15 is 0 Å². The number of hydrogen-bond donors (Lipinski definition) is 1. The smallest absolute Gasteiger partial charge is 0.129 e. The Kier molecular flexibility index (Phi) is 3.70. The van der Waals surface area contributed by atoms with Crippen LogP contribution in [0.15, 0.2) is 18.2 Å². The molecular formula is C17H25F2N. The van der Waals surface area contributed by atoms with Gasteiger partial charge in [0.25, 0.3) is 0 Å². The number of rotatable bonds is 2. The van der Waals surface area contributed by atoms with E-state index in [1.54, 1.807) is 0 Å². The number of benzene rings is 1. The molecule has 20 heavy (non-hydrogen) atoms. The van der Waals surface area contributed by atoms with Gasteiger partial charge in [0, 0.05) is 11.6 Å². The maximum absolute atomic E-state index is 13.9. The molecule has 112 valence electrons. The van der Waals surface area contributed by atoms with Crippen molar-refractivity contribution in [3.63, 3.8) is 0 Å². The van der Waals surface area contributed by atoms with Crippen molar-refractivity contribution >= 4 is 0 Å². The summed E-state index contributed by atoms with van der Waals surface area (Å²) in [7, 11) is 0. The van der Waals surface area contributed by atoms with Crippen molar-refractivity contribution in [2.24, 2.45) is 16.6 Å². The highest BCUT2D eigenvalue weighted by atomic mass is 19.1. The monoisotopic (exact) mass is 281 g/mol. The van der Waals surface area contributed by atoms with Crippen LogP contribution >= 0.6 is 0 Å². The fourth-order valence-electron chi connectivity index (χ4n) is 4.56. The van der Waals surface area contributed by atoms with E-state index in [0.717, 1.165) is 25.3 Å². The average Bonchev–Trinajstić information content (AvgIpc) is 2.16. The molecule has 0 spiro atoms. The summed E-state index contributed by atoms with van der Waals surface area (Å²) in [4.78, 5) is 0. The van der Waals surface area contributed by atoms with Crippen LogP contribution in [-0.4, -0.2) is 5.54 Å². The molecule has 0 aliphatic heterocycles. The molecule has 1 aliphatic rings. The first-order valence-electron chi connectivity index (χ1n) is 7.23. The van der Waals surface area contributed by atoms with Crippen molar-refractivity contribution in [2.45, 2.75) is 58.9 Å². The van der Waals surface area contributed by atoms with Crippen LogP contribution in [0.1, 0.15) is 52.5 Å². The Balaban J connectivity index is 2.26. The third-order valence-corrected chi connectivity index (χ3v) is 4.18. The van der Waals surface area contributed by atoms with E-state index in [2.05, 4.69) is 27.7 Å². The number of halogens is 2. The van der Waals surface area contributed by atoms with E-state index < -0.39 is 17.2 Å². The molecule has 0 saturated heterocycles. The zero-order valence-electron chi connectivity index (χ0n) is 12.9. The van der Waals surface area contributed by atoms with Gasteiger partial charge < -0.3 is 5.73 Å². The normalized spacial score (nSPS) is 23.6. The maximum atomic E-state index is 13.9. The Bertz CT molecular complexity index is 490. The van der Waals surface area contributed by atoms with Gasteiger partial charge in [-0.2, -0.15) is 0 Å². The number of hydrogen-bond acceptors (Lipinski definition) is 1. The molecular weight excluding hydrogens is 256 g/mol. The molecule has 2 N–H and O–H groups in total. The van der Waals surface area contributed by atoms with E-state index in [1.165, 1.54) is 12.1 Å². The first-order valence-corrected chi connectivity index (χ1v) is 7.23. The highest BCUT2D eigenvalue weighted by Crippen LogP contribution is 2.50. The lowest BCUT2D eigenvalue weighted by Crippen LogP contribution is -2.53. The molecule has 1 nitrogen and oxygen atoms in total. The van der Waals surface area contributed by atoms with Gasteiger partial charge in [0.15, 0.2) is 0 Å². The second-order valence-electron chi connectivity index (χ2n) is 8.13. The fourth-order valence-corrected chi connectivity index (χ4v) is 4.56. The predicted octanol–water partition coefficient (Wildman–Crippen LogP) is 4.44. The van der Waals surface area contributed by atoms with Gasteiger partial charge in [0.2, 0.25) is 0 Å². The van der Waals surface area contributed by atoms with E-state index in [1.807, 2.05) is 0 Å². The second-order valence-corrected chi connectivity index (χ2v) is 8.13. The van der Waals surface area contributed by atoms with Crippen LogP contribution in [0.5, 0.6) is 0 Å². The van der Waals surface area contributed by atoms with Gasteiger partial charge in [0.1, 0.15) is 11.6 Å². The molecule has 1 saturated carbocycles. The van der Waals surface area contributed by atoms with Crippen molar-refractivity contribution in [2.75, 3.05) is 0 Å². The standard InChI is InChI=1S/C17H25F2N/c1-15(2)9-16(3,4)11-17(20,10-15)8-12-5-6-13(18)7-14(12)19/h5-7H,8-11,20H2,1-4H3. The van der Waals surface area contributed by atoms with Crippen LogP contribution in [0.25, 0.3) is 0 Å². The summed E-state index contributed by atoms with van der Waals surface area (Å²) < 4.78 is 26.9. The summed E-state index contributed by atoms with van der Waals surface area (Å²) in [6.07, 6.45) is 3.30. The summed E-state index contributed by atoms with van der Waals surface area (Å²) >= 11 is 0. The molecule has 2 rings (SSSR count). The molecule has 1 fully saturated rings. The third kappa shape index (κ3) is 3.57. The number of nitrogens with two attached hydrogens (primary N) is 1. The van der Waals surface area contributed by atoms with Crippen molar-refractivity contribution in [3.8, 4) is 0 Å². The zero-order chi connectivity index (χ0) is 15.2. The van der Waals surface area contributed by atoms with Crippen LogP contribution in [0.4, 0.5) is 8.78 Å². The maximum Gasteiger partial charge on any atom is 0.129 e. The molecule has 0 atom stereocenters. The Morgan fingerprint density at radius 1 is 1.00 bits per heavy atom. The zero-order valence-corrected chi connectivity index (χ0v) is 12.9. The van der Waals surface area contributed by atoms with Crippen molar-refractivity contribution in [3.05, 3.63) is 35.4 Å². The van der Waals surface area contributed by atoms with Gasteiger partial charge in [-0.1, -0.05) is 33.8 Å². The summed E-state index contributed by atoms with van der Waals surface area (Å²) in [5.41, 5.74) is 6.97. The lowest BCUT2D eigenvalue weighted by molar-refractivity contribution is 0.0483. The minimum atomic E-state index is -0.540. The second kappa shape index (κ2) is 4.80. The van der Waals surface area contributed by atoms with E-state index in [-0.39, 0.29) is 10.8 Å². The lowest BCUT2D eigenvalue weighted by Gasteiger charge is -2.50. The molecule has 0 unspecified atom stereocenters. The lowest BCUT2D eigenvalue weighted by atomic mass is 9.57.